The van der Waals surface area contributed by atoms with Crippen molar-refractivity contribution in [3.8, 4) is 11.5 Å². The van der Waals surface area contributed by atoms with Crippen LogP contribution in [-0.4, -0.2) is 34.7 Å². The van der Waals surface area contributed by atoms with Gasteiger partial charge in [-0.15, -0.1) is 0 Å². The van der Waals surface area contributed by atoms with E-state index < -0.39 is 0 Å². The largest absolute Gasteiger partial charge is 0.493 e. The number of pyridine rings is 1. The van der Waals surface area contributed by atoms with Gasteiger partial charge >= 0.3 is 0 Å². The van der Waals surface area contributed by atoms with E-state index in [0.717, 1.165) is 22.2 Å². The number of fused-ring (bicyclic) bond motifs is 1. The Kier molecular flexibility index (Phi) is 5.34. The molecule has 0 fully saturated rings. The number of methoxy groups -OCH3 is 2. The number of hydrogen-bond donors (Lipinski definition) is 1. The number of aryl methyl sites for hydroxylation is 1. The summed E-state index contributed by atoms with van der Waals surface area (Å²) in [5.74, 6) is 1.27. The average molecular weight is 402 g/mol. The molecule has 0 aliphatic heterocycles. The molecule has 2 aromatic heterocycles. The molecule has 152 valence electrons. The summed E-state index contributed by atoms with van der Waals surface area (Å²) in [5, 5.41) is 3.91. The van der Waals surface area contributed by atoms with Gasteiger partial charge in [0, 0.05) is 29.4 Å². The molecule has 1 N–H and O–H groups in total. The van der Waals surface area contributed by atoms with Crippen LogP contribution >= 0.6 is 0 Å². The number of hydrogen-bond acceptors (Lipinski definition) is 5. The number of imidazole rings is 1. The van der Waals surface area contributed by atoms with Crippen molar-refractivity contribution in [1.82, 2.24) is 14.5 Å². The molecule has 0 aliphatic carbocycles. The molecule has 0 bridgehead atoms. The van der Waals surface area contributed by atoms with E-state index in [1.54, 1.807) is 37.8 Å². The third kappa shape index (κ3) is 4.10. The maximum atomic E-state index is 12.6. The highest BCUT2D eigenvalue weighted by Gasteiger charge is 2.12. The maximum Gasteiger partial charge on any atom is 0.256 e. The number of anilines is 1. The second-order valence-electron chi connectivity index (χ2n) is 6.93. The van der Waals surface area contributed by atoms with Crippen molar-refractivity contribution >= 4 is 22.6 Å². The first-order valence-electron chi connectivity index (χ1n) is 9.47. The van der Waals surface area contributed by atoms with Crippen LogP contribution in [0.4, 0.5) is 5.82 Å². The molecule has 4 rings (SSSR count). The highest BCUT2D eigenvalue weighted by molar-refractivity contribution is 6.04. The van der Waals surface area contributed by atoms with Gasteiger partial charge in [-0.1, -0.05) is 12.1 Å². The molecule has 7 nitrogen and oxygen atoms in total. The molecule has 0 aliphatic rings. The van der Waals surface area contributed by atoms with Crippen molar-refractivity contribution in [2.45, 2.75) is 13.5 Å². The van der Waals surface area contributed by atoms with Gasteiger partial charge in [-0.05, 0) is 48.9 Å². The Balaban J connectivity index is 1.46. The zero-order chi connectivity index (χ0) is 21.1. The summed E-state index contributed by atoms with van der Waals surface area (Å²) in [4.78, 5) is 21.4. The van der Waals surface area contributed by atoms with Gasteiger partial charge in [-0.25, -0.2) is 4.98 Å². The Morgan fingerprint density at radius 3 is 2.67 bits per heavy atom. The second kappa shape index (κ2) is 8.24. The summed E-state index contributed by atoms with van der Waals surface area (Å²) in [6, 6.07) is 15.3. The van der Waals surface area contributed by atoms with E-state index in [1.807, 2.05) is 23.6 Å². The zero-order valence-electron chi connectivity index (χ0n) is 17.0. The fourth-order valence-electron chi connectivity index (χ4n) is 3.26. The standard InChI is InChI=1S/C23H22N4O3/c1-15-4-6-17-10-16(5-8-19(17)25-15)12-27-13-22(24-14-27)26-23(28)18-7-9-20(29-2)21(11-18)30-3/h4-11,13-14H,12H2,1-3H3,(H,26,28). The number of rotatable bonds is 6. The molecule has 30 heavy (non-hydrogen) atoms. The molecular formula is C23H22N4O3. The highest BCUT2D eigenvalue weighted by Crippen LogP contribution is 2.27. The second-order valence-corrected chi connectivity index (χ2v) is 6.93. The van der Waals surface area contributed by atoms with Crippen LogP contribution in [0.15, 0.2) is 61.1 Å². The molecule has 0 saturated heterocycles. The smallest absolute Gasteiger partial charge is 0.256 e. The third-order valence-corrected chi connectivity index (χ3v) is 4.78. The Bertz CT molecular complexity index is 1220. The molecule has 7 heteroatoms. The lowest BCUT2D eigenvalue weighted by Gasteiger charge is -2.09. The first-order valence-corrected chi connectivity index (χ1v) is 9.47. The summed E-state index contributed by atoms with van der Waals surface area (Å²) in [6.07, 6.45) is 3.50. The lowest BCUT2D eigenvalue weighted by molar-refractivity contribution is 0.102. The van der Waals surface area contributed by atoms with Crippen molar-refractivity contribution in [2.24, 2.45) is 0 Å². The molecule has 4 aromatic rings. The molecule has 0 unspecified atom stereocenters. The summed E-state index contributed by atoms with van der Waals surface area (Å²) < 4.78 is 12.4. The summed E-state index contributed by atoms with van der Waals surface area (Å²) in [5.41, 5.74) is 3.56. The number of nitrogens with one attached hydrogen (secondary N) is 1. The Morgan fingerprint density at radius 2 is 1.87 bits per heavy atom. The fraction of sp³-hybridized carbons (Fsp3) is 0.174. The minimum absolute atomic E-state index is 0.270. The first-order chi connectivity index (χ1) is 14.6. The molecule has 0 radical (unpaired) electrons. The highest BCUT2D eigenvalue weighted by atomic mass is 16.5. The van der Waals surface area contributed by atoms with E-state index >= 15 is 0 Å². The topological polar surface area (TPSA) is 78.3 Å². The average Bonchev–Trinajstić information content (AvgIpc) is 3.19. The molecule has 1 amide bonds. The zero-order valence-corrected chi connectivity index (χ0v) is 17.0. The van der Waals surface area contributed by atoms with E-state index in [4.69, 9.17) is 9.47 Å². The van der Waals surface area contributed by atoms with Crippen LogP contribution in [0, 0.1) is 6.92 Å². The normalized spacial score (nSPS) is 10.8. The van der Waals surface area contributed by atoms with E-state index in [-0.39, 0.29) is 5.91 Å². The minimum atomic E-state index is -0.270. The van der Waals surface area contributed by atoms with Crippen LogP contribution in [-0.2, 0) is 6.54 Å². The SMILES string of the molecule is COc1ccc(C(=O)Nc2cn(Cc3ccc4nc(C)ccc4c3)cn2)cc1OC. The third-order valence-electron chi connectivity index (χ3n) is 4.78. The monoisotopic (exact) mass is 402 g/mol. The summed E-state index contributed by atoms with van der Waals surface area (Å²) >= 11 is 0. The van der Waals surface area contributed by atoms with Crippen LogP contribution < -0.4 is 14.8 Å². The van der Waals surface area contributed by atoms with Crippen LogP contribution in [0.1, 0.15) is 21.6 Å². The number of carbonyl (C=O) groups is 1. The number of benzene rings is 2. The number of ether oxygens (including phenoxy) is 2. The molecule has 0 spiro atoms. The van der Waals surface area contributed by atoms with Gasteiger partial charge in [-0.2, -0.15) is 0 Å². The van der Waals surface area contributed by atoms with Gasteiger partial charge < -0.3 is 19.4 Å². The van der Waals surface area contributed by atoms with Gasteiger partial charge in [-0.3, -0.25) is 9.78 Å². The Morgan fingerprint density at radius 1 is 1.03 bits per heavy atom. The van der Waals surface area contributed by atoms with Crippen molar-refractivity contribution in [1.29, 1.82) is 0 Å². The van der Waals surface area contributed by atoms with Crippen molar-refractivity contribution in [2.75, 3.05) is 19.5 Å². The summed E-state index contributed by atoms with van der Waals surface area (Å²) in [7, 11) is 3.09. The van der Waals surface area contributed by atoms with Crippen LogP contribution in [0.3, 0.4) is 0 Å². The van der Waals surface area contributed by atoms with Crippen molar-refractivity contribution in [3.63, 3.8) is 0 Å². The number of amides is 1. The number of nitrogens with zero attached hydrogens (tertiary/aromatic N) is 3. The van der Waals surface area contributed by atoms with Crippen LogP contribution in [0.25, 0.3) is 10.9 Å². The van der Waals surface area contributed by atoms with Gasteiger partial charge in [0.25, 0.3) is 5.91 Å². The van der Waals surface area contributed by atoms with Gasteiger partial charge in [0.1, 0.15) is 0 Å². The van der Waals surface area contributed by atoms with Gasteiger partial charge in [0.15, 0.2) is 17.3 Å². The van der Waals surface area contributed by atoms with E-state index in [9.17, 15) is 4.79 Å². The lowest BCUT2D eigenvalue weighted by atomic mass is 10.1. The van der Waals surface area contributed by atoms with Gasteiger partial charge in [0.2, 0.25) is 0 Å². The van der Waals surface area contributed by atoms with E-state index in [0.29, 0.717) is 29.4 Å². The van der Waals surface area contributed by atoms with Crippen LogP contribution in [0.5, 0.6) is 11.5 Å². The minimum Gasteiger partial charge on any atom is -0.493 e. The molecule has 2 heterocycles. The number of carbonyl (C=O) groups excluding carboxylic acids is 1. The predicted octanol–water partition coefficient (Wildman–Crippen LogP) is 4.06. The molecular weight excluding hydrogens is 380 g/mol. The molecule has 2 aromatic carbocycles. The Hall–Kier alpha value is -3.87. The maximum absolute atomic E-state index is 12.6. The number of aromatic nitrogens is 3. The van der Waals surface area contributed by atoms with Crippen molar-refractivity contribution < 1.29 is 14.3 Å². The summed E-state index contributed by atoms with van der Waals surface area (Å²) in [6.45, 7) is 2.62. The molecule has 0 saturated carbocycles. The fourth-order valence-corrected chi connectivity index (χ4v) is 3.26. The quantitative estimate of drug-likeness (QED) is 0.526. The predicted molar refractivity (Wildman–Crippen MR) is 115 cm³/mol. The van der Waals surface area contributed by atoms with Crippen molar-refractivity contribution in [3.05, 3.63) is 77.9 Å². The lowest BCUT2D eigenvalue weighted by Crippen LogP contribution is -2.12. The first kappa shape index (κ1) is 19.4. The molecule has 0 atom stereocenters. The van der Waals surface area contributed by atoms with Crippen LogP contribution in [0.2, 0.25) is 0 Å². The van der Waals surface area contributed by atoms with Gasteiger partial charge in [0.05, 0.1) is 26.1 Å². The van der Waals surface area contributed by atoms with E-state index in [2.05, 4.69) is 33.5 Å². The van der Waals surface area contributed by atoms with E-state index in [1.165, 1.54) is 7.11 Å². The Labute approximate surface area is 174 Å².